The minimum atomic E-state index is -0.383. The normalized spacial score (nSPS) is 11.0. The Morgan fingerprint density at radius 1 is 0.957 bits per heavy atom. The van der Waals surface area contributed by atoms with Crippen LogP contribution < -0.4 is 10.9 Å². The van der Waals surface area contributed by atoms with Crippen LogP contribution in [0.2, 0.25) is 0 Å². The van der Waals surface area contributed by atoms with Crippen molar-refractivity contribution >= 4 is 33.8 Å². The first-order valence-corrected chi connectivity index (χ1v) is 7.09. The van der Waals surface area contributed by atoms with Gasteiger partial charge < -0.3 is 9.97 Å². The van der Waals surface area contributed by atoms with Gasteiger partial charge in [-0.2, -0.15) is 0 Å². The summed E-state index contributed by atoms with van der Waals surface area (Å²) in [5, 5.41) is 3.39. The number of para-hydroxylation sites is 3. The van der Waals surface area contributed by atoms with E-state index in [1.807, 2.05) is 30.3 Å². The Hall–Kier alpha value is -3.41. The average molecular weight is 304 g/mol. The highest BCUT2D eigenvalue weighted by atomic mass is 16.2. The van der Waals surface area contributed by atoms with Gasteiger partial charge in [0.2, 0.25) is 11.5 Å². The molecular formula is C17H12N4O2. The molecule has 0 unspecified atom stereocenters. The van der Waals surface area contributed by atoms with Crippen LogP contribution in [-0.2, 0) is 0 Å². The highest BCUT2D eigenvalue weighted by Crippen LogP contribution is 2.17. The first-order valence-electron chi connectivity index (χ1n) is 7.09. The fourth-order valence-corrected chi connectivity index (χ4v) is 2.58. The third kappa shape index (κ3) is 2.36. The molecule has 0 aliphatic rings. The number of rotatable bonds is 2. The third-order valence-corrected chi connectivity index (χ3v) is 3.62. The lowest BCUT2D eigenvalue weighted by molar-refractivity contribution is 0.102. The van der Waals surface area contributed by atoms with E-state index in [2.05, 4.69) is 20.3 Å². The predicted octanol–water partition coefficient (Wildman–Crippen LogP) is 2.66. The van der Waals surface area contributed by atoms with E-state index >= 15 is 0 Å². The summed E-state index contributed by atoms with van der Waals surface area (Å²) in [6.07, 6.45) is 0. The summed E-state index contributed by atoms with van der Waals surface area (Å²) in [7, 11) is 0. The lowest BCUT2D eigenvalue weighted by atomic mass is 10.1. The molecule has 6 heteroatoms. The number of amides is 1. The Morgan fingerprint density at radius 3 is 2.52 bits per heavy atom. The van der Waals surface area contributed by atoms with Gasteiger partial charge in [-0.15, -0.1) is 0 Å². The van der Waals surface area contributed by atoms with Crippen LogP contribution in [0.25, 0.3) is 21.9 Å². The van der Waals surface area contributed by atoms with Crippen molar-refractivity contribution in [2.45, 2.75) is 0 Å². The molecule has 0 aliphatic carbocycles. The second-order valence-electron chi connectivity index (χ2n) is 5.15. The van der Waals surface area contributed by atoms with Gasteiger partial charge in [0.1, 0.15) is 0 Å². The standard InChI is InChI=1S/C17H12N4O2/c22-15-9-11(10-5-1-2-6-12(10)18-15)16(23)21-17-19-13-7-3-4-8-14(13)20-17/h1-9H,(H,18,22)(H2,19,20,21,23). The van der Waals surface area contributed by atoms with Gasteiger partial charge in [-0.1, -0.05) is 30.3 Å². The Balaban J connectivity index is 1.76. The van der Waals surface area contributed by atoms with Crippen LogP contribution in [0.15, 0.2) is 59.4 Å². The second kappa shape index (κ2) is 5.10. The molecule has 4 aromatic rings. The lowest BCUT2D eigenvalue weighted by Gasteiger charge is -2.05. The van der Waals surface area contributed by atoms with Gasteiger partial charge in [0.05, 0.1) is 16.6 Å². The number of fused-ring (bicyclic) bond motifs is 2. The Bertz CT molecular complexity index is 1060. The monoisotopic (exact) mass is 304 g/mol. The van der Waals surface area contributed by atoms with E-state index in [1.54, 1.807) is 18.2 Å². The van der Waals surface area contributed by atoms with E-state index in [1.165, 1.54) is 6.07 Å². The van der Waals surface area contributed by atoms with Gasteiger partial charge in [0.15, 0.2) is 0 Å². The van der Waals surface area contributed by atoms with Crippen LogP contribution in [0.3, 0.4) is 0 Å². The van der Waals surface area contributed by atoms with E-state index in [9.17, 15) is 9.59 Å². The van der Waals surface area contributed by atoms with Crippen molar-refractivity contribution in [2.75, 3.05) is 5.32 Å². The number of anilines is 1. The second-order valence-corrected chi connectivity index (χ2v) is 5.15. The largest absolute Gasteiger partial charge is 0.324 e. The number of nitrogens with one attached hydrogen (secondary N) is 3. The van der Waals surface area contributed by atoms with Gasteiger partial charge >= 0.3 is 0 Å². The quantitative estimate of drug-likeness (QED) is 0.531. The number of nitrogens with zero attached hydrogens (tertiary/aromatic N) is 1. The van der Waals surface area contributed by atoms with Gasteiger partial charge in [0, 0.05) is 17.0 Å². The SMILES string of the molecule is O=C(Nc1nc2ccccc2[nH]1)c1cc(=O)[nH]c2ccccc12. The topological polar surface area (TPSA) is 90.6 Å². The Labute approximate surface area is 130 Å². The zero-order valence-corrected chi connectivity index (χ0v) is 12.0. The van der Waals surface area contributed by atoms with E-state index < -0.39 is 0 Å². The van der Waals surface area contributed by atoms with Gasteiger partial charge in [0.25, 0.3) is 5.91 Å². The van der Waals surface area contributed by atoms with Gasteiger partial charge in [-0.25, -0.2) is 4.98 Å². The maximum absolute atomic E-state index is 12.5. The molecule has 0 saturated heterocycles. The Kier molecular flexibility index (Phi) is 2.94. The summed E-state index contributed by atoms with van der Waals surface area (Å²) in [6, 6.07) is 16.0. The number of pyridine rings is 1. The molecule has 0 bridgehead atoms. The molecule has 0 saturated carbocycles. The van der Waals surface area contributed by atoms with E-state index in [0.29, 0.717) is 22.4 Å². The lowest BCUT2D eigenvalue weighted by Crippen LogP contribution is -2.17. The summed E-state index contributed by atoms with van der Waals surface area (Å²) in [5.74, 6) is -0.0353. The minimum Gasteiger partial charge on any atom is -0.324 e. The number of carbonyl (C=O) groups is 1. The zero-order valence-electron chi connectivity index (χ0n) is 12.0. The number of aromatic nitrogens is 3. The van der Waals surface area contributed by atoms with Crippen molar-refractivity contribution in [1.82, 2.24) is 15.0 Å². The number of imidazole rings is 1. The number of hydrogen-bond donors (Lipinski definition) is 3. The molecule has 0 aliphatic heterocycles. The molecule has 6 nitrogen and oxygen atoms in total. The van der Waals surface area contributed by atoms with E-state index in [-0.39, 0.29) is 11.5 Å². The van der Waals surface area contributed by atoms with Crippen LogP contribution in [-0.4, -0.2) is 20.9 Å². The highest BCUT2D eigenvalue weighted by molar-refractivity contribution is 6.11. The fourth-order valence-electron chi connectivity index (χ4n) is 2.58. The molecule has 2 heterocycles. The van der Waals surface area contributed by atoms with Crippen LogP contribution in [0.1, 0.15) is 10.4 Å². The number of hydrogen-bond acceptors (Lipinski definition) is 3. The van der Waals surface area contributed by atoms with Crippen molar-refractivity contribution in [2.24, 2.45) is 0 Å². The van der Waals surface area contributed by atoms with Crippen molar-refractivity contribution in [3.8, 4) is 0 Å². The molecule has 0 fully saturated rings. The molecule has 23 heavy (non-hydrogen) atoms. The maximum atomic E-state index is 12.5. The third-order valence-electron chi connectivity index (χ3n) is 3.62. The molecule has 1 amide bonds. The smallest absolute Gasteiger partial charge is 0.258 e. The fraction of sp³-hybridized carbons (Fsp3) is 0. The number of aromatic amines is 2. The van der Waals surface area contributed by atoms with Crippen LogP contribution >= 0.6 is 0 Å². The maximum Gasteiger partial charge on any atom is 0.258 e. The van der Waals surface area contributed by atoms with Crippen LogP contribution in [0, 0.1) is 0 Å². The highest BCUT2D eigenvalue weighted by Gasteiger charge is 2.13. The number of carbonyl (C=O) groups excluding carboxylic acids is 1. The van der Waals surface area contributed by atoms with Gasteiger partial charge in [-0.3, -0.25) is 14.9 Å². The zero-order chi connectivity index (χ0) is 15.8. The summed E-state index contributed by atoms with van der Waals surface area (Å²) < 4.78 is 0. The molecule has 2 aromatic carbocycles. The number of H-pyrrole nitrogens is 2. The van der Waals surface area contributed by atoms with Gasteiger partial charge in [-0.05, 0) is 18.2 Å². The molecular weight excluding hydrogens is 292 g/mol. The van der Waals surface area contributed by atoms with E-state index in [0.717, 1.165) is 11.0 Å². The van der Waals surface area contributed by atoms with Crippen LogP contribution in [0.4, 0.5) is 5.95 Å². The summed E-state index contributed by atoms with van der Waals surface area (Å²) in [6.45, 7) is 0. The van der Waals surface area contributed by atoms with Crippen molar-refractivity contribution in [1.29, 1.82) is 0 Å². The van der Waals surface area contributed by atoms with Crippen molar-refractivity contribution in [3.05, 3.63) is 70.5 Å². The number of benzene rings is 2. The molecule has 3 N–H and O–H groups in total. The van der Waals surface area contributed by atoms with Crippen molar-refractivity contribution < 1.29 is 4.79 Å². The summed E-state index contributed by atoms with van der Waals surface area (Å²) in [5.41, 5.74) is 2.20. The van der Waals surface area contributed by atoms with Crippen molar-refractivity contribution in [3.63, 3.8) is 0 Å². The van der Waals surface area contributed by atoms with E-state index in [4.69, 9.17) is 0 Å². The first-order chi connectivity index (χ1) is 11.2. The average Bonchev–Trinajstić information content (AvgIpc) is 2.96. The minimum absolute atomic E-state index is 0.310. The summed E-state index contributed by atoms with van der Waals surface area (Å²) in [4.78, 5) is 34.3. The first kappa shape index (κ1) is 13.3. The van der Waals surface area contributed by atoms with Crippen LogP contribution in [0.5, 0.6) is 0 Å². The summed E-state index contributed by atoms with van der Waals surface area (Å²) >= 11 is 0. The molecule has 4 rings (SSSR count). The molecule has 0 spiro atoms. The molecule has 2 aromatic heterocycles. The predicted molar refractivity (Wildman–Crippen MR) is 88.6 cm³/mol. The molecule has 0 radical (unpaired) electrons. The molecule has 112 valence electrons. The molecule has 0 atom stereocenters. The Morgan fingerprint density at radius 2 is 1.70 bits per heavy atom.